The van der Waals surface area contributed by atoms with E-state index in [4.69, 9.17) is 0 Å². The predicted octanol–water partition coefficient (Wildman–Crippen LogP) is 3.48. The first kappa shape index (κ1) is 13.0. The van der Waals surface area contributed by atoms with Gasteiger partial charge in [0.25, 0.3) is 5.91 Å². The van der Waals surface area contributed by atoms with Crippen molar-refractivity contribution in [2.75, 3.05) is 5.01 Å². The van der Waals surface area contributed by atoms with Gasteiger partial charge in [-0.3, -0.25) is 4.79 Å². The van der Waals surface area contributed by atoms with E-state index in [1.54, 1.807) is 0 Å². The minimum absolute atomic E-state index is 0.00712. The topological polar surface area (TPSA) is 45.6 Å². The SMILES string of the molecule is CC1=NN(c2nc(-c3ccc(C)cc3)cs2)C(=O)[C@H]1C. The zero-order chi connectivity index (χ0) is 14.3. The van der Waals surface area contributed by atoms with E-state index in [-0.39, 0.29) is 11.8 Å². The molecule has 3 rings (SSSR count). The molecule has 0 spiro atoms. The van der Waals surface area contributed by atoms with Crippen molar-refractivity contribution >= 4 is 28.1 Å². The first-order chi connectivity index (χ1) is 9.56. The molecule has 0 saturated heterocycles. The molecule has 0 radical (unpaired) electrons. The molecule has 0 aliphatic carbocycles. The first-order valence-corrected chi connectivity index (χ1v) is 7.36. The highest BCUT2D eigenvalue weighted by molar-refractivity contribution is 7.14. The Bertz CT molecular complexity index is 687. The average molecular weight is 285 g/mol. The van der Waals surface area contributed by atoms with E-state index in [1.165, 1.54) is 21.9 Å². The summed E-state index contributed by atoms with van der Waals surface area (Å²) in [7, 11) is 0. The summed E-state index contributed by atoms with van der Waals surface area (Å²) in [6.07, 6.45) is 0. The maximum absolute atomic E-state index is 12.1. The molecule has 1 atom stereocenters. The molecule has 20 heavy (non-hydrogen) atoms. The zero-order valence-corrected chi connectivity index (χ0v) is 12.4. The molecule has 0 saturated carbocycles. The van der Waals surface area contributed by atoms with Crippen molar-refractivity contribution in [3.05, 3.63) is 35.2 Å². The minimum atomic E-state index is -0.151. The number of carbonyl (C=O) groups is 1. The van der Waals surface area contributed by atoms with Gasteiger partial charge in [-0.15, -0.1) is 11.3 Å². The molecule has 1 amide bonds. The Morgan fingerprint density at radius 2 is 1.90 bits per heavy atom. The van der Waals surface area contributed by atoms with E-state index in [9.17, 15) is 4.79 Å². The molecule has 1 aromatic heterocycles. The van der Waals surface area contributed by atoms with E-state index in [2.05, 4.69) is 29.1 Å². The molecule has 4 nitrogen and oxygen atoms in total. The lowest BCUT2D eigenvalue weighted by Gasteiger charge is -2.07. The second kappa shape index (κ2) is 4.83. The summed E-state index contributed by atoms with van der Waals surface area (Å²) in [5.74, 6) is -0.158. The second-order valence-corrected chi connectivity index (χ2v) is 5.83. The summed E-state index contributed by atoms with van der Waals surface area (Å²) in [4.78, 5) is 16.6. The smallest absolute Gasteiger partial charge is 0.258 e. The molecule has 5 heteroatoms. The molecule has 102 valence electrons. The van der Waals surface area contributed by atoms with Gasteiger partial charge in [0.1, 0.15) is 0 Å². The second-order valence-electron chi connectivity index (χ2n) is 4.99. The Morgan fingerprint density at radius 3 is 2.50 bits per heavy atom. The lowest BCUT2D eigenvalue weighted by atomic mass is 10.1. The number of amides is 1. The van der Waals surface area contributed by atoms with Crippen LogP contribution in [0.25, 0.3) is 11.3 Å². The van der Waals surface area contributed by atoms with Crippen LogP contribution in [0.1, 0.15) is 19.4 Å². The number of nitrogens with zero attached hydrogens (tertiary/aromatic N) is 3. The lowest BCUT2D eigenvalue weighted by molar-refractivity contribution is -0.119. The molecular formula is C15H15N3OS. The van der Waals surface area contributed by atoms with Crippen LogP contribution in [0.15, 0.2) is 34.7 Å². The Labute approximate surface area is 121 Å². The van der Waals surface area contributed by atoms with Crippen molar-refractivity contribution in [3.63, 3.8) is 0 Å². The number of anilines is 1. The fraction of sp³-hybridized carbons (Fsp3) is 0.267. The Balaban J connectivity index is 1.91. The number of hydrogen-bond acceptors (Lipinski definition) is 4. The van der Waals surface area contributed by atoms with Gasteiger partial charge in [0.2, 0.25) is 5.13 Å². The molecule has 1 aliphatic rings. The van der Waals surface area contributed by atoms with Crippen LogP contribution in [0.4, 0.5) is 5.13 Å². The van der Waals surface area contributed by atoms with Gasteiger partial charge in [-0.25, -0.2) is 4.98 Å². The lowest BCUT2D eigenvalue weighted by Crippen LogP contribution is -2.24. The van der Waals surface area contributed by atoms with Gasteiger partial charge in [-0.1, -0.05) is 29.8 Å². The van der Waals surface area contributed by atoms with Crippen molar-refractivity contribution in [1.29, 1.82) is 0 Å². The molecule has 0 N–H and O–H groups in total. The van der Waals surface area contributed by atoms with Gasteiger partial charge in [-0.05, 0) is 20.8 Å². The van der Waals surface area contributed by atoms with Crippen molar-refractivity contribution in [2.45, 2.75) is 20.8 Å². The fourth-order valence-electron chi connectivity index (χ4n) is 2.01. The van der Waals surface area contributed by atoms with Crippen LogP contribution in [0, 0.1) is 12.8 Å². The van der Waals surface area contributed by atoms with Crippen molar-refractivity contribution in [3.8, 4) is 11.3 Å². The highest BCUT2D eigenvalue weighted by Crippen LogP contribution is 2.30. The van der Waals surface area contributed by atoms with Crippen LogP contribution in [-0.2, 0) is 4.79 Å². The fourth-order valence-corrected chi connectivity index (χ4v) is 2.80. The summed E-state index contributed by atoms with van der Waals surface area (Å²) in [6.45, 7) is 5.80. The standard InChI is InChI=1S/C15H15N3OS/c1-9-4-6-12(7-5-9)13-8-20-15(16-13)18-14(19)10(2)11(3)17-18/h4-8,10H,1-3H3/t10-/m0/s1. The van der Waals surface area contributed by atoms with E-state index in [0.29, 0.717) is 5.13 Å². The summed E-state index contributed by atoms with van der Waals surface area (Å²) in [5.41, 5.74) is 3.98. The zero-order valence-electron chi connectivity index (χ0n) is 11.6. The van der Waals surface area contributed by atoms with Crippen LogP contribution in [0.5, 0.6) is 0 Å². The highest BCUT2D eigenvalue weighted by atomic mass is 32.1. The third-order valence-electron chi connectivity index (χ3n) is 3.48. The van der Waals surface area contributed by atoms with E-state index >= 15 is 0 Å². The quantitative estimate of drug-likeness (QED) is 0.848. The molecule has 1 aliphatic heterocycles. The maximum atomic E-state index is 12.1. The molecule has 0 fully saturated rings. The summed E-state index contributed by atoms with van der Waals surface area (Å²) in [6, 6.07) is 8.19. The van der Waals surface area contributed by atoms with E-state index < -0.39 is 0 Å². The van der Waals surface area contributed by atoms with Gasteiger partial charge in [-0.2, -0.15) is 10.1 Å². The first-order valence-electron chi connectivity index (χ1n) is 6.48. The third kappa shape index (κ3) is 2.14. The Morgan fingerprint density at radius 1 is 1.20 bits per heavy atom. The Kier molecular flexibility index (Phi) is 3.14. The van der Waals surface area contributed by atoms with E-state index in [1.807, 2.05) is 31.4 Å². The molecular weight excluding hydrogens is 270 g/mol. The minimum Gasteiger partial charge on any atom is -0.272 e. The largest absolute Gasteiger partial charge is 0.272 e. The van der Waals surface area contributed by atoms with Crippen molar-refractivity contribution in [2.24, 2.45) is 11.0 Å². The maximum Gasteiger partial charge on any atom is 0.258 e. The monoisotopic (exact) mass is 285 g/mol. The predicted molar refractivity (Wildman–Crippen MR) is 82.0 cm³/mol. The molecule has 1 aromatic carbocycles. The van der Waals surface area contributed by atoms with Gasteiger partial charge in [0, 0.05) is 16.7 Å². The van der Waals surface area contributed by atoms with Crippen LogP contribution in [0.3, 0.4) is 0 Å². The number of aryl methyl sites for hydroxylation is 1. The third-order valence-corrected chi connectivity index (χ3v) is 4.30. The van der Waals surface area contributed by atoms with Gasteiger partial charge in [0.05, 0.1) is 11.6 Å². The number of hydrazone groups is 1. The molecule has 0 bridgehead atoms. The van der Waals surface area contributed by atoms with Crippen LogP contribution < -0.4 is 5.01 Å². The van der Waals surface area contributed by atoms with Gasteiger partial charge < -0.3 is 0 Å². The number of thiazole rings is 1. The van der Waals surface area contributed by atoms with Crippen LogP contribution >= 0.6 is 11.3 Å². The Hall–Kier alpha value is -2.01. The number of hydrogen-bond donors (Lipinski definition) is 0. The normalized spacial score (nSPS) is 18.6. The number of rotatable bonds is 2. The van der Waals surface area contributed by atoms with E-state index in [0.717, 1.165) is 17.0 Å². The summed E-state index contributed by atoms with van der Waals surface area (Å²) in [5, 5.41) is 8.30. The van der Waals surface area contributed by atoms with Crippen molar-refractivity contribution in [1.82, 2.24) is 4.98 Å². The summed E-state index contributed by atoms with van der Waals surface area (Å²) >= 11 is 1.44. The van der Waals surface area contributed by atoms with Crippen LogP contribution in [-0.4, -0.2) is 16.6 Å². The molecule has 2 aromatic rings. The van der Waals surface area contributed by atoms with Gasteiger partial charge >= 0.3 is 0 Å². The molecule has 0 unspecified atom stereocenters. The van der Waals surface area contributed by atoms with Gasteiger partial charge in [0.15, 0.2) is 0 Å². The summed E-state index contributed by atoms with van der Waals surface area (Å²) < 4.78 is 0. The number of aromatic nitrogens is 1. The molecule has 2 heterocycles. The number of carbonyl (C=O) groups excluding carboxylic acids is 1. The number of benzene rings is 1. The van der Waals surface area contributed by atoms with Crippen LogP contribution in [0.2, 0.25) is 0 Å². The van der Waals surface area contributed by atoms with Crippen molar-refractivity contribution < 1.29 is 4.79 Å². The highest BCUT2D eigenvalue weighted by Gasteiger charge is 2.32. The average Bonchev–Trinajstić information content (AvgIpc) is 3.01.